The van der Waals surface area contributed by atoms with Crippen LogP contribution in [0.2, 0.25) is 0 Å². The molecule has 0 atom stereocenters. The van der Waals surface area contributed by atoms with Gasteiger partial charge in [-0.05, 0) is 41.0 Å². The summed E-state index contributed by atoms with van der Waals surface area (Å²) in [6, 6.07) is 6.40. The van der Waals surface area contributed by atoms with Gasteiger partial charge in [0.25, 0.3) is 0 Å². The molecule has 15 heavy (non-hydrogen) atoms. The van der Waals surface area contributed by atoms with Gasteiger partial charge in [-0.1, -0.05) is 6.07 Å². The van der Waals surface area contributed by atoms with E-state index in [0.717, 1.165) is 26.1 Å². The van der Waals surface area contributed by atoms with Crippen LogP contribution < -0.4 is 10.6 Å². The highest BCUT2D eigenvalue weighted by atomic mass is 79.9. The second-order valence-electron chi connectivity index (χ2n) is 3.56. The molecule has 0 saturated carbocycles. The second kappa shape index (κ2) is 5.23. The van der Waals surface area contributed by atoms with Gasteiger partial charge in [0.05, 0.1) is 5.69 Å². The number of nitrogens with two attached hydrogens (primary N) is 1. The number of halogens is 1. The molecule has 1 aliphatic rings. The molecule has 2 nitrogen and oxygen atoms in total. The van der Waals surface area contributed by atoms with Crippen molar-refractivity contribution in [2.24, 2.45) is 5.73 Å². The molecule has 2 rings (SSSR count). The van der Waals surface area contributed by atoms with Gasteiger partial charge in [0, 0.05) is 28.2 Å². The van der Waals surface area contributed by atoms with E-state index in [2.05, 4.69) is 39.0 Å². The van der Waals surface area contributed by atoms with E-state index >= 15 is 0 Å². The number of fused-ring (bicyclic) bond motifs is 1. The maximum Gasteiger partial charge on any atom is 0.0649 e. The smallest absolute Gasteiger partial charge is 0.0649 e. The minimum Gasteiger partial charge on any atom is -0.369 e. The van der Waals surface area contributed by atoms with E-state index in [1.54, 1.807) is 0 Å². The molecule has 0 amide bonds. The van der Waals surface area contributed by atoms with Crippen molar-refractivity contribution < 1.29 is 0 Å². The van der Waals surface area contributed by atoms with E-state index in [4.69, 9.17) is 5.73 Å². The van der Waals surface area contributed by atoms with Crippen LogP contribution >= 0.6 is 27.7 Å². The number of benzene rings is 1. The molecule has 1 aromatic rings. The minimum absolute atomic E-state index is 0.767. The highest BCUT2D eigenvalue weighted by Gasteiger charge is 2.18. The van der Waals surface area contributed by atoms with E-state index in [9.17, 15) is 0 Å². The number of anilines is 1. The molecule has 1 aliphatic heterocycles. The van der Waals surface area contributed by atoms with Crippen LogP contribution in [0.3, 0.4) is 0 Å². The summed E-state index contributed by atoms with van der Waals surface area (Å²) in [5.41, 5.74) is 6.91. The maximum absolute atomic E-state index is 5.56. The zero-order chi connectivity index (χ0) is 10.7. The zero-order valence-corrected chi connectivity index (χ0v) is 11.0. The molecule has 4 heteroatoms. The molecule has 0 unspecified atom stereocenters. The first-order valence-corrected chi connectivity index (χ1v) is 6.97. The van der Waals surface area contributed by atoms with Crippen LogP contribution in [-0.4, -0.2) is 25.4 Å². The first kappa shape index (κ1) is 11.3. The highest BCUT2D eigenvalue weighted by molar-refractivity contribution is 9.10. The lowest BCUT2D eigenvalue weighted by atomic mass is 10.2. The van der Waals surface area contributed by atoms with Gasteiger partial charge in [-0.15, -0.1) is 11.8 Å². The third-order valence-corrected chi connectivity index (χ3v) is 4.18. The molecule has 82 valence electrons. The van der Waals surface area contributed by atoms with Crippen LogP contribution in [0.5, 0.6) is 0 Å². The van der Waals surface area contributed by atoms with Crippen molar-refractivity contribution in [1.82, 2.24) is 0 Å². The van der Waals surface area contributed by atoms with Gasteiger partial charge in [0.15, 0.2) is 0 Å². The van der Waals surface area contributed by atoms with Crippen LogP contribution in [0, 0.1) is 0 Å². The summed E-state index contributed by atoms with van der Waals surface area (Å²) in [4.78, 5) is 3.82. The zero-order valence-electron chi connectivity index (χ0n) is 8.58. The third kappa shape index (κ3) is 2.49. The van der Waals surface area contributed by atoms with Crippen molar-refractivity contribution in [3.63, 3.8) is 0 Å². The molecule has 0 aromatic heterocycles. The van der Waals surface area contributed by atoms with Crippen molar-refractivity contribution in [2.75, 3.05) is 30.3 Å². The topological polar surface area (TPSA) is 29.3 Å². The van der Waals surface area contributed by atoms with Crippen LogP contribution in [-0.2, 0) is 0 Å². The quantitative estimate of drug-likeness (QED) is 0.927. The van der Waals surface area contributed by atoms with Crippen LogP contribution in [0.1, 0.15) is 6.42 Å². The fourth-order valence-electron chi connectivity index (χ4n) is 1.80. The average molecular weight is 287 g/mol. The first-order chi connectivity index (χ1) is 7.33. The average Bonchev–Trinajstić information content (AvgIpc) is 2.26. The number of hydrogen-bond acceptors (Lipinski definition) is 3. The summed E-state index contributed by atoms with van der Waals surface area (Å²) in [5.74, 6) is 1.17. The molecule has 0 radical (unpaired) electrons. The standard InChI is InChI=1S/C11H15BrN2S/c12-9-3-1-4-10-11(9)14(6-2-5-13)7-8-15-10/h1,3-4H,2,5-8,13H2. The molecule has 0 saturated heterocycles. The summed E-state index contributed by atoms with van der Waals surface area (Å²) < 4.78 is 1.20. The van der Waals surface area contributed by atoms with Gasteiger partial charge in [-0.2, -0.15) is 0 Å². The number of rotatable bonds is 3. The fraction of sp³-hybridized carbons (Fsp3) is 0.455. The lowest BCUT2D eigenvalue weighted by Gasteiger charge is -2.31. The molecule has 0 bridgehead atoms. The first-order valence-electron chi connectivity index (χ1n) is 5.19. The van der Waals surface area contributed by atoms with Crippen molar-refractivity contribution in [1.29, 1.82) is 0 Å². The maximum atomic E-state index is 5.56. The van der Waals surface area contributed by atoms with E-state index < -0.39 is 0 Å². The Kier molecular flexibility index (Phi) is 3.94. The van der Waals surface area contributed by atoms with Gasteiger partial charge < -0.3 is 10.6 Å². The Hall–Kier alpha value is -0.190. The SMILES string of the molecule is NCCCN1CCSc2cccc(Br)c21. The molecule has 0 aliphatic carbocycles. The van der Waals surface area contributed by atoms with Crippen molar-refractivity contribution in [3.05, 3.63) is 22.7 Å². The minimum atomic E-state index is 0.767. The molecular formula is C11H15BrN2S. The number of para-hydroxylation sites is 1. The summed E-state index contributed by atoms with van der Waals surface area (Å²) in [7, 11) is 0. The number of hydrogen-bond donors (Lipinski definition) is 1. The summed E-state index contributed by atoms with van der Waals surface area (Å²) in [5, 5.41) is 0. The Labute approximate surface area is 103 Å². The number of nitrogens with zero attached hydrogens (tertiary/aromatic N) is 1. The lowest BCUT2D eigenvalue weighted by molar-refractivity contribution is 0.745. The monoisotopic (exact) mass is 286 g/mol. The Balaban J connectivity index is 2.24. The van der Waals surface area contributed by atoms with Gasteiger partial charge in [-0.3, -0.25) is 0 Å². The predicted molar refractivity (Wildman–Crippen MR) is 70.8 cm³/mol. The van der Waals surface area contributed by atoms with E-state index in [1.165, 1.54) is 20.8 Å². The second-order valence-corrected chi connectivity index (χ2v) is 5.56. The largest absolute Gasteiger partial charge is 0.369 e. The molecule has 0 spiro atoms. The molecule has 1 aromatic carbocycles. The van der Waals surface area contributed by atoms with Gasteiger partial charge >= 0.3 is 0 Å². The summed E-state index contributed by atoms with van der Waals surface area (Å²) >= 11 is 5.57. The van der Waals surface area contributed by atoms with Crippen molar-refractivity contribution in [3.8, 4) is 0 Å². The lowest BCUT2D eigenvalue weighted by Crippen LogP contribution is -2.31. The highest BCUT2D eigenvalue weighted by Crippen LogP contribution is 2.39. The van der Waals surface area contributed by atoms with Gasteiger partial charge in [0.1, 0.15) is 0 Å². The van der Waals surface area contributed by atoms with Crippen LogP contribution in [0.25, 0.3) is 0 Å². The van der Waals surface area contributed by atoms with Gasteiger partial charge in [-0.25, -0.2) is 0 Å². The molecular weight excluding hydrogens is 272 g/mol. The number of thioether (sulfide) groups is 1. The molecule has 1 heterocycles. The van der Waals surface area contributed by atoms with E-state index in [-0.39, 0.29) is 0 Å². The molecule has 0 fully saturated rings. The van der Waals surface area contributed by atoms with Crippen molar-refractivity contribution in [2.45, 2.75) is 11.3 Å². The Bertz CT molecular complexity index is 343. The Morgan fingerprint density at radius 3 is 3.13 bits per heavy atom. The normalized spacial score (nSPS) is 15.2. The fourth-order valence-corrected chi connectivity index (χ4v) is 3.63. The summed E-state index contributed by atoms with van der Waals surface area (Å²) in [6.07, 6.45) is 1.06. The Morgan fingerprint density at radius 1 is 1.47 bits per heavy atom. The van der Waals surface area contributed by atoms with Crippen LogP contribution in [0.4, 0.5) is 5.69 Å². The summed E-state index contributed by atoms with van der Waals surface area (Å²) in [6.45, 7) is 2.95. The predicted octanol–water partition coefficient (Wildman–Crippen LogP) is 2.71. The van der Waals surface area contributed by atoms with E-state index in [0.29, 0.717) is 0 Å². The van der Waals surface area contributed by atoms with Crippen molar-refractivity contribution >= 4 is 33.4 Å². The molecule has 2 N–H and O–H groups in total. The Morgan fingerprint density at radius 2 is 2.33 bits per heavy atom. The van der Waals surface area contributed by atoms with Crippen LogP contribution in [0.15, 0.2) is 27.6 Å². The van der Waals surface area contributed by atoms with Gasteiger partial charge in [0.2, 0.25) is 0 Å². The third-order valence-electron chi connectivity index (χ3n) is 2.52. The van der Waals surface area contributed by atoms with E-state index in [1.807, 2.05) is 11.8 Å².